The molecule has 0 spiro atoms. The fourth-order valence-corrected chi connectivity index (χ4v) is 2.15. The van der Waals surface area contributed by atoms with Gasteiger partial charge in [0.05, 0.1) is 11.1 Å². The third-order valence-electron chi connectivity index (χ3n) is 3.30. The van der Waals surface area contributed by atoms with Crippen LogP contribution in [0.2, 0.25) is 0 Å². The van der Waals surface area contributed by atoms with E-state index in [1.165, 1.54) is 18.2 Å². The lowest BCUT2D eigenvalue weighted by Gasteiger charge is -2.08. The Hall–Kier alpha value is -3.60. The van der Waals surface area contributed by atoms with Gasteiger partial charge in [0.15, 0.2) is 0 Å². The van der Waals surface area contributed by atoms with Crippen molar-refractivity contribution in [2.24, 2.45) is 0 Å². The summed E-state index contributed by atoms with van der Waals surface area (Å²) in [6.45, 7) is 0. The fourth-order valence-electron chi connectivity index (χ4n) is 2.15. The van der Waals surface area contributed by atoms with Crippen molar-refractivity contribution in [2.75, 3.05) is 0 Å². The van der Waals surface area contributed by atoms with Crippen LogP contribution >= 0.6 is 0 Å². The highest BCUT2D eigenvalue weighted by molar-refractivity contribution is 5.92. The summed E-state index contributed by atoms with van der Waals surface area (Å²) >= 11 is 0. The first-order chi connectivity index (χ1) is 12.1. The second kappa shape index (κ2) is 7.31. The molecule has 124 valence electrons. The topological polar surface area (TPSA) is 72.8 Å². The molecule has 5 heteroatoms. The van der Waals surface area contributed by atoms with Crippen molar-refractivity contribution in [3.8, 4) is 17.2 Å². The standard InChI is InChI=1S/C20H14O5/c21-16-11-17(24-19(22)14-7-3-1-4-8-14)13-18(12-16)25-20(23)15-9-5-2-6-10-15/h1-13,21H. The van der Waals surface area contributed by atoms with Crippen molar-refractivity contribution >= 4 is 11.9 Å². The van der Waals surface area contributed by atoms with E-state index in [1.807, 2.05) is 0 Å². The van der Waals surface area contributed by atoms with Crippen LogP contribution in [0.3, 0.4) is 0 Å². The summed E-state index contributed by atoms with van der Waals surface area (Å²) < 4.78 is 10.4. The van der Waals surface area contributed by atoms with Crippen molar-refractivity contribution in [3.63, 3.8) is 0 Å². The highest BCUT2D eigenvalue weighted by atomic mass is 16.5. The lowest BCUT2D eigenvalue weighted by atomic mass is 10.2. The van der Waals surface area contributed by atoms with Gasteiger partial charge in [0.25, 0.3) is 0 Å². The molecule has 0 bridgehead atoms. The van der Waals surface area contributed by atoms with E-state index >= 15 is 0 Å². The van der Waals surface area contributed by atoms with Crippen LogP contribution in [-0.4, -0.2) is 17.0 Å². The fraction of sp³-hybridized carbons (Fsp3) is 0. The Kier molecular flexibility index (Phi) is 4.76. The van der Waals surface area contributed by atoms with E-state index in [9.17, 15) is 14.7 Å². The summed E-state index contributed by atoms with van der Waals surface area (Å²) in [4.78, 5) is 24.1. The monoisotopic (exact) mass is 334 g/mol. The Labute approximate surface area is 144 Å². The molecule has 3 rings (SSSR count). The summed E-state index contributed by atoms with van der Waals surface area (Å²) in [6, 6.07) is 20.8. The molecule has 0 aliphatic carbocycles. The van der Waals surface area contributed by atoms with E-state index in [0.29, 0.717) is 11.1 Å². The summed E-state index contributed by atoms with van der Waals surface area (Å²) in [6.07, 6.45) is 0. The summed E-state index contributed by atoms with van der Waals surface area (Å²) in [5.74, 6) is -1.19. The quantitative estimate of drug-likeness (QED) is 0.580. The highest BCUT2D eigenvalue weighted by Crippen LogP contribution is 2.28. The smallest absolute Gasteiger partial charge is 0.343 e. The Morgan fingerprint density at radius 3 is 1.44 bits per heavy atom. The molecule has 0 unspecified atom stereocenters. The van der Waals surface area contributed by atoms with Gasteiger partial charge in [-0.25, -0.2) is 9.59 Å². The summed E-state index contributed by atoms with van der Waals surface area (Å²) in [5.41, 5.74) is 0.738. The van der Waals surface area contributed by atoms with Crippen LogP contribution in [0.15, 0.2) is 78.9 Å². The number of aromatic hydroxyl groups is 1. The minimum Gasteiger partial charge on any atom is -0.508 e. The lowest BCUT2D eigenvalue weighted by Crippen LogP contribution is -2.10. The molecule has 5 nitrogen and oxygen atoms in total. The number of phenols is 1. The normalized spacial score (nSPS) is 10.1. The second-order valence-electron chi connectivity index (χ2n) is 5.17. The van der Waals surface area contributed by atoms with E-state index in [2.05, 4.69) is 0 Å². The molecule has 0 atom stereocenters. The molecule has 0 aromatic heterocycles. The SMILES string of the molecule is O=C(Oc1cc(O)cc(OC(=O)c2ccccc2)c1)c1ccccc1. The van der Waals surface area contributed by atoms with E-state index in [1.54, 1.807) is 60.7 Å². The molecule has 3 aromatic rings. The molecule has 25 heavy (non-hydrogen) atoms. The summed E-state index contributed by atoms with van der Waals surface area (Å²) in [5, 5.41) is 9.78. The van der Waals surface area contributed by atoms with Gasteiger partial charge in [0.2, 0.25) is 0 Å². The molecule has 0 radical (unpaired) electrons. The number of esters is 2. The Morgan fingerprint density at radius 1 is 0.640 bits per heavy atom. The van der Waals surface area contributed by atoms with Crippen LogP contribution in [0.5, 0.6) is 17.2 Å². The first-order valence-corrected chi connectivity index (χ1v) is 7.50. The van der Waals surface area contributed by atoms with Gasteiger partial charge in [-0.05, 0) is 24.3 Å². The number of carbonyl (C=O) groups is 2. The zero-order valence-electron chi connectivity index (χ0n) is 13.1. The molecule has 0 saturated carbocycles. The predicted molar refractivity (Wildman–Crippen MR) is 90.9 cm³/mol. The van der Waals surface area contributed by atoms with Crippen LogP contribution < -0.4 is 9.47 Å². The zero-order valence-corrected chi connectivity index (χ0v) is 13.1. The van der Waals surface area contributed by atoms with Crippen molar-refractivity contribution in [1.29, 1.82) is 0 Å². The van der Waals surface area contributed by atoms with Gasteiger partial charge in [-0.1, -0.05) is 36.4 Å². The maximum absolute atomic E-state index is 12.1. The average molecular weight is 334 g/mol. The van der Waals surface area contributed by atoms with Crippen molar-refractivity contribution in [2.45, 2.75) is 0 Å². The third-order valence-corrected chi connectivity index (χ3v) is 3.30. The van der Waals surface area contributed by atoms with Gasteiger partial charge in [-0.2, -0.15) is 0 Å². The highest BCUT2D eigenvalue weighted by Gasteiger charge is 2.13. The zero-order chi connectivity index (χ0) is 17.6. The molecule has 0 heterocycles. The van der Waals surface area contributed by atoms with Gasteiger partial charge in [0, 0.05) is 18.2 Å². The minimum absolute atomic E-state index is 0.0738. The van der Waals surface area contributed by atoms with Crippen molar-refractivity contribution < 1.29 is 24.2 Å². The number of carbonyl (C=O) groups excluding carboxylic acids is 2. The van der Waals surface area contributed by atoms with Gasteiger partial charge in [0.1, 0.15) is 17.2 Å². The number of benzene rings is 3. The molecular formula is C20H14O5. The largest absolute Gasteiger partial charge is 0.508 e. The van der Waals surface area contributed by atoms with E-state index in [4.69, 9.17) is 9.47 Å². The number of phenolic OH excluding ortho intramolecular Hbond substituents is 1. The van der Waals surface area contributed by atoms with Crippen molar-refractivity contribution in [1.82, 2.24) is 0 Å². The Balaban J connectivity index is 1.76. The maximum atomic E-state index is 12.1. The molecule has 0 amide bonds. The molecule has 3 aromatic carbocycles. The van der Waals surface area contributed by atoms with E-state index < -0.39 is 11.9 Å². The molecule has 0 fully saturated rings. The molecule has 0 saturated heterocycles. The molecular weight excluding hydrogens is 320 g/mol. The van der Waals surface area contributed by atoms with E-state index in [-0.39, 0.29) is 17.2 Å². The van der Waals surface area contributed by atoms with Crippen LogP contribution in [-0.2, 0) is 0 Å². The van der Waals surface area contributed by atoms with Crippen LogP contribution in [0.1, 0.15) is 20.7 Å². The number of ether oxygens (including phenoxy) is 2. The molecule has 0 aliphatic heterocycles. The number of hydrogen-bond donors (Lipinski definition) is 1. The second-order valence-corrected chi connectivity index (χ2v) is 5.17. The predicted octanol–water partition coefficient (Wildman–Crippen LogP) is 3.83. The van der Waals surface area contributed by atoms with Gasteiger partial charge >= 0.3 is 11.9 Å². The van der Waals surface area contributed by atoms with Gasteiger partial charge in [-0.3, -0.25) is 0 Å². The van der Waals surface area contributed by atoms with Crippen LogP contribution in [0.25, 0.3) is 0 Å². The first-order valence-electron chi connectivity index (χ1n) is 7.50. The third kappa shape index (κ3) is 4.23. The Bertz CT molecular complexity index is 817. The molecule has 1 N–H and O–H groups in total. The minimum atomic E-state index is -0.577. The van der Waals surface area contributed by atoms with Crippen LogP contribution in [0.4, 0.5) is 0 Å². The Morgan fingerprint density at radius 2 is 1.04 bits per heavy atom. The number of rotatable bonds is 4. The van der Waals surface area contributed by atoms with Gasteiger partial charge < -0.3 is 14.6 Å². The van der Waals surface area contributed by atoms with Gasteiger partial charge in [-0.15, -0.1) is 0 Å². The maximum Gasteiger partial charge on any atom is 0.343 e. The summed E-state index contributed by atoms with van der Waals surface area (Å²) in [7, 11) is 0. The average Bonchev–Trinajstić information content (AvgIpc) is 2.62. The lowest BCUT2D eigenvalue weighted by molar-refractivity contribution is 0.0732. The first kappa shape index (κ1) is 16.3. The van der Waals surface area contributed by atoms with E-state index in [0.717, 1.165) is 0 Å². The molecule has 0 aliphatic rings. The van der Waals surface area contributed by atoms with Crippen molar-refractivity contribution in [3.05, 3.63) is 90.0 Å². The number of hydrogen-bond acceptors (Lipinski definition) is 5. The van der Waals surface area contributed by atoms with Crippen LogP contribution in [0, 0.1) is 0 Å².